The first-order valence-corrected chi connectivity index (χ1v) is 9.04. The van der Waals surface area contributed by atoms with E-state index in [-0.39, 0.29) is 11.6 Å². The summed E-state index contributed by atoms with van der Waals surface area (Å²) in [5.74, 6) is -0.143. The molecule has 122 valence electrons. The Kier molecular flexibility index (Phi) is 6.95. The molecule has 2 rings (SSSR count). The zero-order chi connectivity index (χ0) is 15.7. The lowest BCUT2D eigenvalue weighted by molar-refractivity contribution is -0.0436. The zero-order valence-electron chi connectivity index (χ0n) is 14.0. The van der Waals surface area contributed by atoms with E-state index in [9.17, 15) is 4.79 Å². The molecular formula is C20H30O2. The minimum atomic E-state index is -0.197. The van der Waals surface area contributed by atoms with E-state index in [0.717, 1.165) is 19.3 Å². The monoisotopic (exact) mass is 302 g/mol. The van der Waals surface area contributed by atoms with E-state index in [4.69, 9.17) is 4.74 Å². The van der Waals surface area contributed by atoms with Crippen LogP contribution in [0.3, 0.4) is 0 Å². The van der Waals surface area contributed by atoms with Crippen molar-refractivity contribution in [2.45, 2.75) is 83.2 Å². The zero-order valence-corrected chi connectivity index (χ0v) is 14.0. The normalized spacial score (nSPS) is 17.1. The molecule has 1 aliphatic rings. The lowest BCUT2D eigenvalue weighted by Crippen LogP contribution is -2.37. The maximum atomic E-state index is 12.4. The number of esters is 1. The fourth-order valence-electron chi connectivity index (χ4n) is 3.48. The molecular weight excluding hydrogens is 272 g/mol. The third-order valence-corrected chi connectivity index (χ3v) is 4.82. The Morgan fingerprint density at radius 3 is 2.36 bits per heavy atom. The van der Waals surface area contributed by atoms with Gasteiger partial charge in [0.25, 0.3) is 0 Å². The van der Waals surface area contributed by atoms with Gasteiger partial charge in [-0.2, -0.15) is 0 Å². The molecule has 0 N–H and O–H groups in total. The first-order valence-electron chi connectivity index (χ1n) is 9.04. The molecule has 1 aromatic carbocycles. The quantitative estimate of drug-likeness (QED) is 0.441. The minimum absolute atomic E-state index is 0.143. The van der Waals surface area contributed by atoms with Crippen LogP contribution >= 0.6 is 0 Å². The summed E-state index contributed by atoms with van der Waals surface area (Å²) in [6.45, 7) is 2.24. The topological polar surface area (TPSA) is 26.3 Å². The molecule has 0 unspecified atom stereocenters. The molecule has 0 heterocycles. The van der Waals surface area contributed by atoms with Crippen molar-refractivity contribution in [2.75, 3.05) is 0 Å². The maximum Gasteiger partial charge on any atom is 0.338 e. The smallest absolute Gasteiger partial charge is 0.338 e. The molecule has 0 atom stereocenters. The van der Waals surface area contributed by atoms with Gasteiger partial charge in [0.2, 0.25) is 0 Å². The van der Waals surface area contributed by atoms with E-state index in [0.29, 0.717) is 5.56 Å². The summed E-state index contributed by atoms with van der Waals surface area (Å²) in [6.07, 6.45) is 13.1. The number of carbonyl (C=O) groups is 1. The van der Waals surface area contributed by atoms with Gasteiger partial charge in [-0.25, -0.2) is 4.79 Å². The van der Waals surface area contributed by atoms with E-state index in [1.807, 2.05) is 30.3 Å². The molecule has 1 aliphatic carbocycles. The van der Waals surface area contributed by atoms with Gasteiger partial charge in [-0.3, -0.25) is 0 Å². The maximum absolute atomic E-state index is 12.4. The second-order valence-corrected chi connectivity index (χ2v) is 6.66. The molecule has 2 heteroatoms. The summed E-state index contributed by atoms with van der Waals surface area (Å²) in [5, 5.41) is 0. The van der Waals surface area contributed by atoms with Gasteiger partial charge < -0.3 is 4.74 Å². The molecule has 0 spiro atoms. The largest absolute Gasteiger partial charge is 0.455 e. The van der Waals surface area contributed by atoms with Gasteiger partial charge in [0.1, 0.15) is 5.60 Å². The highest BCUT2D eigenvalue weighted by molar-refractivity contribution is 5.89. The number of rotatable bonds is 8. The summed E-state index contributed by atoms with van der Waals surface area (Å²) < 4.78 is 6.03. The van der Waals surface area contributed by atoms with Gasteiger partial charge >= 0.3 is 5.97 Å². The molecule has 0 amide bonds. The van der Waals surface area contributed by atoms with Gasteiger partial charge in [0, 0.05) is 0 Å². The first kappa shape index (κ1) is 17.1. The van der Waals surface area contributed by atoms with Crippen molar-refractivity contribution in [3.8, 4) is 0 Å². The van der Waals surface area contributed by atoms with Crippen LogP contribution in [0, 0.1) is 0 Å². The fourth-order valence-corrected chi connectivity index (χ4v) is 3.48. The van der Waals surface area contributed by atoms with Crippen LogP contribution in [0.2, 0.25) is 0 Å². The third kappa shape index (κ3) is 5.15. The fraction of sp³-hybridized carbons (Fsp3) is 0.650. The van der Waals surface area contributed by atoms with Crippen molar-refractivity contribution in [1.29, 1.82) is 0 Å². The van der Waals surface area contributed by atoms with Gasteiger partial charge in [0.05, 0.1) is 5.56 Å². The standard InChI is InChI=1S/C20H30O2/c1-2-3-4-5-10-15-20(16-11-7-12-17-20)22-19(21)18-13-8-6-9-14-18/h6,8-9,13-14H,2-5,7,10-12,15-17H2,1H3. The van der Waals surface area contributed by atoms with Crippen LogP contribution in [0.25, 0.3) is 0 Å². The second kappa shape index (κ2) is 8.97. The van der Waals surface area contributed by atoms with E-state index < -0.39 is 0 Å². The Morgan fingerprint density at radius 2 is 1.68 bits per heavy atom. The number of ether oxygens (including phenoxy) is 1. The minimum Gasteiger partial charge on any atom is -0.455 e. The number of hydrogen-bond acceptors (Lipinski definition) is 2. The molecule has 22 heavy (non-hydrogen) atoms. The van der Waals surface area contributed by atoms with Crippen LogP contribution in [-0.4, -0.2) is 11.6 Å². The second-order valence-electron chi connectivity index (χ2n) is 6.66. The molecule has 0 aromatic heterocycles. The lowest BCUT2D eigenvalue weighted by atomic mass is 9.80. The van der Waals surface area contributed by atoms with Crippen molar-refractivity contribution in [3.63, 3.8) is 0 Å². The van der Waals surface area contributed by atoms with Crippen LogP contribution in [0.1, 0.15) is 87.9 Å². The van der Waals surface area contributed by atoms with E-state index in [1.54, 1.807) is 0 Å². The Labute approximate surface area is 135 Å². The Bertz CT molecular complexity index is 432. The predicted octanol–water partition coefficient (Wildman–Crippen LogP) is 5.91. The average Bonchev–Trinajstić information content (AvgIpc) is 2.56. The highest BCUT2D eigenvalue weighted by Gasteiger charge is 2.35. The van der Waals surface area contributed by atoms with Crippen molar-refractivity contribution in [3.05, 3.63) is 35.9 Å². The molecule has 0 radical (unpaired) electrons. The van der Waals surface area contributed by atoms with Gasteiger partial charge in [0.15, 0.2) is 0 Å². The Hall–Kier alpha value is -1.31. The van der Waals surface area contributed by atoms with Crippen molar-refractivity contribution >= 4 is 5.97 Å². The summed E-state index contributed by atoms with van der Waals surface area (Å²) in [4.78, 5) is 12.4. The molecule has 1 fully saturated rings. The van der Waals surface area contributed by atoms with Crippen LogP contribution in [-0.2, 0) is 4.74 Å². The number of carbonyl (C=O) groups excluding carboxylic acids is 1. The highest BCUT2D eigenvalue weighted by Crippen LogP contribution is 2.36. The summed E-state index contributed by atoms with van der Waals surface area (Å²) in [6, 6.07) is 9.42. The number of hydrogen-bond donors (Lipinski definition) is 0. The molecule has 2 nitrogen and oxygen atoms in total. The van der Waals surface area contributed by atoms with Gasteiger partial charge in [-0.1, -0.05) is 57.2 Å². The number of benzene rings is 1. The molecule has 0 aliphatic heterocycles. The van der Waals surface area contributed by atoms with Gasteiger partial charge in [-0.05, 0) is 50.7 Å². The number of unbranched alkanes of at least 4 members (excludes halogenated alkanes) is 4. The van der Waals surface area contributed by atoms with Crippen molar-refractivity contribution < 1.29 is 9.53 Å². The molecule has 1 aromatic rings. The van der Waals surface area contributed by atoms with Crippen LogP contribution in [0.5, 0.6) is 0 Å². The first-order chi connectivity index (χ1) is 10.8. The summed E-state index contributed by atoms with van der Waals surface area (Å²) >= 11 is 0. The Balaban J connectivity index is 1.92. The van der Waals surface area contributed by atoms with Gasteiger partial charge in [-0.15, -0.1) is 0 Å². The van der Waals surface area contributed by atoms with E-state index in [2.05, 4.69) is 6.92 Å². The summed E-state index contributed by atoms with van der Waals surface area (Å²) in [5.41, 5.74) is 0.482. The lowest BCUT2D eigenvalue weighted by Gasteiger charge is -2.37. The molecule has 1 saturated carbocycles. The van der Waals surface area contributed by atoms with Crippen molar-refractivity contribution in [2.24, 2.45) is 0 Å². The highest BCUT2D eigenvalue weighted by atomic mass is 16.6. The van der Waals surface area contributed by atoms with Crippen LogP contribution in [0.15, 0.2) is 30.3 Å². The third-order valence-electron chi connectivity index (χ3n) is 4.82. The summed E-state index contributed by atoms with van der Waals surface area (Å²) in [7, 11) is 0. The van der Waals surface area contributed by atoms with Crippen molar-refractivity contribution in [1.82, 2.24) is 0 Å². The van der Waals surface area contributed by atoms with Crippen LogP contribution < -0.4 is 0 Å². The molecule has 0 bridgehead atoms. The molecule has 0 saturated heterocycles. The average molecular weight is 302 g/mol. The van der Waals surface area contributed by atoms with E-state index >= 15 is 0 Å². The SMILES string of the molecule is CCCCCCCC1(OC(=O)c2ccccc2)CCCCC1. The predicted molar refractivity (Wildman–Crippen MR) is 91.0 cm³/mol. The van der Waals surface area contributed by atoms with E-state index in [1.165, 1.54) is 51.4 Å². The van der Waals surface area contributed by atoms with Crippen LogP contribution in [0.4, 0.5) is 0 Å². The Morgan fingerprint density at radius 1 is 1.00 bits per heavy atom.